The Morgan fingerprint density at radius 2 is 2.00 bits per heavy atom. The molecule has 0 atom stereocenters. The van der Waals surface area contributed by atoms with Gasteiger partial charge in [0.15, 0.2) is 5.78 Å². The van der Waals surface area contributed by atoms with Crippen molar-refractivity contribution in [2.75, 3.05) is 19.8 Å². The van der Waals surface area contributed by atoms with Crippen molar-refractivity contribution in [1.82, 2.24) is 4.90 Å². The van der Waals surface area contributed by atoms with Gasteiger partial charge in [-0.3, -0.25) is 9.69 Å². The third kappa shape index (κ3) is 2.86. The Morgan fingerprint density at radius 1 is 1.38 bits per heavy atom. The summed E-state index contributed by atoms with van der Waals surface area (Å²) in [5.41, 5.74) is 0.824. The van der Waals surface area contributed by atoms with Crippen molar-refractivity contribution in [3.05, 3.63) is 29.8 Å². The van der Waals surface area contributed by atoms with E-state index in [0.29, 0.717) is 12.6 Å². The third-order valence-corrected chi connectivity index (χ3v) is 3.72. The molecule has 1 aliphatic rings. The number of ketones is 1. The predicted octanol–water partition coefficient (Wildman–Crippen LogP) is 2.69. The lowest BCUT2D eigenvalue weighted by Crippen LogP contribution is -2.27. The Kier molecular flexibility index (Phi) is 3.66. The second kappa shape index (κ2) is 5.02. The molecule has 0 radical (unpaired) electrons. The van der Waals surface area contributed by atoms with Crippen LogP contribution >= 0.6 is 11.8 Å². The van der Waals surface area contributed by atoms with Gasteiger partial charge >= 0.3 is 0 Å². The molecule has 16 heavy (non-hydrogen) atoms. The molecule has 2 nitrogen and oxygen atoms in total. The molecule has 1 fully saturated rings. The maximum atomic E-state index is 11.9. The molecule has 0 unspecified atom stereocenters. The smallest absolute Gasteiger partial charge is 0.176 e. The van der Waals surface area contributed by atoms with E-state index in [1.54, 1.807) is 11.8 Å². The highest BCUT2D eigenvalue weighted by molar-refractivity contribution is 7.98. The highest BCUT2D eigenvalue weighted by Crippen LogP contribution is 2.25. The van der Waals surface area contributed by atoms with Gasteiger partial charge in [0.1, 0.15) is 0 Å². The molecule has 0 aromatic heterocycles. The van der Waals surface area contributed by atoms with Crippen molar-refractivity contribution in [2.45, 2.75) is 23.8 Å². The largest absolute Gasteiger partial charge is 0.296 e. The van der Waals surface area contributed by atoms with Gasteiger partial charge in [0.25, 0.3) is 0 Å². The fourth-order valence-electron chi connectivity index (χ4n) is 1.74. The number of Topliss-reactive ketones (excluding diaryl/α,β-unsaturated/α-hetero) is 1. The summed E-state index contributed by atoms with van der Waals surface area (Å²) >= 11 is 1.70. The van der Waals surface area contributed by atoms with Crippen LogP contribution in [0.3, 0.4) is 0 Å². The van der Waals surface area contributed by atoms with E-state index >= 15 is 0 Å². The SMILES string of the molecule is CSc1ccc(C(=O)CN(C)C2CC2)cc1. The summed E-state index contributed by atoms with van der Waals surface area (Å²) in [4.78, 5) is 15.3. The average molecular weight is 235 g/mol. The van der Waals surface area contributed by atoms with Crippen LogP contribution in [0.1, 0.15) is 23.2 Å². The monoisotopic (exact) mass is 235 g/mol. The van der Waals surface area contributed by atoms with Crippen LogP contribution in [0.2, 0.25) is 0 Å². The Labute approximate surface area is 101 Å². The molecule has 1 aliphatic carbocycles. The fourth-order valence-corrected chi connectivity index (χ4v) is 2.15. The van der Waals surface area contributed by atoms with Gasteiger partial charge in [0, 0.05) is 16.5 Å². The molecule has 1 aromatic carbocycles. The maximum Gasteiger partial charge on any atom is 0.176 e. The highest BCUT2D eigenvalue weighted by Gasteiger charge is 2.27. The van der Waals surface area contributed by atoms with E-state index in [4.69, 9.17) is 0 Å². The number of thioether (sulfide) groups is 1. The minimum atomic E-state index is 0.224. The van der Waals surface area contributed by atoms with E-state index < -0.39 is 0 Å². The normalized spacial score (nSPS) is 15.4. The van der Waals surface area contributed by atoms with Gasteiger partial charge in [0.2, 0.25) is 0 Å². The van der Waals surface area contributed by atoms with Gasteiger partial charge in [0.05, 0.1) is 6.54 Å². The molecule has 0 spiro atoms. The minimum Gasteiger partial charge on any atom is -0.296 e. The second-order valence-electron chi connectivity index (χ2n) is 4.30. The number of rotatable bonds is 5. The minimum absolute atomic E-state index is 0.224. The van der Waals surface area contributed by atoms with Gasteiger partial charge in [-0.15, -0.1) is 11.8 Å². The van der Waals surface area contributed by atoms with Gasteiger partial charge in [-0.25, -0.2) is 0 Å². The van der Waals surface area contributed by atoms with E-state index in [0.717, 1.165) is 5.56 Å². The second-order valence-corrected chi connectivity index (χ2v) is 5.18. The van der Waals surface area contributed by atoms with Crippen LogP contribution in [0.25, 0.3) is 0 Å². The number of likely N-dealkylation sites (N-methyl/N-ethyl adjacent to an activating group) is 1. The number of carbonyl (C=O) groups excluding carboxylic acids is 1. The molecule has 0 saturated heterocycles. The zero-order chi connectivity index (χ0) is 11.5. The molecular formula is C13H17NOS. The molecule has 0 heterocycles. The molecule has 3 heteroatoms. The quantitative estimate of drug-likeness (QED) is 0.578. The molecule has 0 bridgehead atoms. The van der Waals surface area contributed by atoms with Crippen molar-refractivity contribution < 1.29 is 4.79 Å². The van der Waals surface area contributed by atoms with Crippen molar-refractivity contribution in [3.8, 4) is 0 Å². The summed E-state index contributed by atoms with van der Waals surface area (Å²) in [6.45, 7) is 0.545. The van der Waals surface area contributed by atoms with E-state index in [2.05, 4.69) is 4.90 Å². The van der Waals surface area contributed by atoms with Crippen LogP contribution in [0.15, 0.2) is 29.2 Å². The first kappa shape index (κ1) is 11.7. The van der Waals surface area contributed by atoms with Crippen molar-refractivity contribution in [2.24, 2.45) is 0 Å². The van der Waals surface area contributed by atoms with Crippen molar-refractivity contribution in [1.29, 1.82) is 0 Å². The third-order valence-electron chi connectivity index (χ3n) is 2.98. The van der Waals surface area contributed by atoms with E-state index in [-0.39, 0.29) is 5.78 Å². The van der Waals surface area contributed by atoms with E-state index in [1.165, 1.54) is 17.7 Å². The first-order valence-corrected chi connectivity index (χ1v) is 6.80. The topological polar surface area (TPSA) is 20.3 Å². The van der Waals surface area contributed by atoms with Crippen LogP contribution < -0.4 is 0 Å². The molecule has 1 saturated carbocycles. The first-order valence-electron chi connectivity index (χ1n) is 5.58. The summed E-state index contributed by atoms with van der Waals surface area (Å²) in [6.07, 6.45) is 4.53. The lowest BCUT2D eigenvalue weighted by atomic mass is 10.1. The van der Waals surface area contributed by atoms with E-state index in [9.17, 15) is 4.79 Å². The van der Waals surface area contributed by atoms with Crippen LogP contribution in [-0.4, -0.2) is 36.6 Å². The Morgan fingerprint density at radius 3 is 2.50 bits per heavy atom. The van der Waals surface area contributed by atoms with Gasteiger partial charge < -0.3 is 0 Å². The number of nitrogens with zero attached hydrogens (tertiary/aromatic N) is 1. The fraction of sp³-hybridized carbons (Fsp3) is 0.462. The summed E-state index contributed by atoms with van der Waals surface area (Å²) in [7, 11) is 2.03. The summed E-state index contributed by atoms with van der Waals surface area (Å²) in [6, 6.07) is 8.52. The van der Waals surface area contributed by atoms with Crippen molar-refractivity contribution in [3.63, 3.8) is 0 Å². The number of benzene rings is 1. The average Bonchev–Trinajstić information content (AvgIpc) is 3.13. The Balaban J connectivity index is 1.96. The molecule has 86 valence electrons. The summed E-state index contributed by atoms with van der Waals surface area (Å²) in [5.74, 6) is 0.224. The van der Waals surface area contributed by atoms with Crippen LogP contribution in [0.5, 0.6) is 0 Å². The molecule has 1 aromatic rings. The molecule has 0 aliphatic heterocycles. The lowest BCUT2D eigenvalue weighted by molar-refractivity contribution is 0.0942. The highest BCUT2D eigenvalue weighted by atomic mass is 32.2. The van der Waals surface area contributed by atoms with Crippen LogP contribution in [0.4, 0.5) is 0 Å². The number of carbonyl (C=O) groups is 1. The standard InChI is InChI=1S/C13H17NOS/c1-14(11-5-6-11)9-13(15)10-3-7-12(16-2)8-4-10/h3-4,7-8,11H,5-6,9H2,1-2H3. The summed E-state index contributed by atoms with van der Waals surface area (Å²) in [5, 5.41) is 0. The van der Waals surface area contributed by atoms with Crippen LogP contribution in [0, 0.1) is 0 Å². The van der Waals surface area contributed by atoms with Gasteiger partial charge in [-0.2, -0.15) is 0 Å². The molecule has 0 N–H and O–H groups in total. The first-order chi connectivity index (χ1) is 7.70. The number of hydrogen-bond acceptors (Lipinski definition) is 3. The molecule has 2 rings (SSSR count). The maximum absolute atomic E-state index is 11.9. The predicted molar refractivity (Wildman–Crippen MR) is 68.2 cm³/mol. The Hall–Kier alpha value is -0.800. The van der Waals surface area contributed by atoms with Crippen molar-refractivity contribution >= 4 is 17.5 Å². The summed E-state index contributed by atoms with van der Waals surface area (Å²) < 4.78 is 0. The van der Waals surface area contributed by atoms with Crippen LogP contribution in [-0.2, 0) is 0 Å². The van der Waals surface area contributed by atoms with Gasteiger partial charge in [-0.1, -0.05) is 12.1 Å². The zero-order valence-electron chi connectivity index (χ0n) is 9.77. The number of hydrogen-bond donors (Lipinski definition) is 0. The molecule has 0 amide bonds. The molecular weight excluding hydrogens is 218 g/mol. The van der Waals surface area contributed by atoms with Gasteiger partial charge in [-0.05, 0) is 38.3 Å². The lowest BCUT2D eigenvalue weighted by Gasteiger charge is -2.14. The Bertz CT molecular complexity index is 370. The zero-order valence-corrected chi connectivity index (χ0v) is 10.6. The van der Waals surface area contributed by atoms with E-state index in [1.807, 2.05) is 37.6 Å².